The molecular formula is C31H44N6O8. The summed E-state index contributed by atoms with van der Waals surface area (Å²) in [5.74, 6) is -2.66. The van der Waals surface area contributed by atoms with Crippen molar-refractivity contribution in [2.75, 3.05) is 18.4 Å². The number of nitrogens with one attached hydrogen (secondary N) is 4. The molecule has 2 rings (SSSR count). The van der Waals surface area contributed by atoms with E-state index in [0.29, 0.717) is 44.3 Å². The first-order chi connectivity index (χ1) is 21.4. The maximum atomic E-state index is 13.3. The van der Waals surface area contributed by atoms with Crippen LogP contribution in [0.4, 0.5) is 10.5 Å². The predicted octanol–water partition coefficient (Wildman–Crippen LogP) is 1.64. The topological polar surface area (TPSA) is 206 Å². The molecule has 0 saturated carbocycles. The van der Waals surface area contributed by atoms with Gasteiger partial charge in [-0.3, -0.25) is 33.7 Å². The van der Waals surface area contributed by atoms with E-state index < -0.39 is 35.9 Å². The Balaban J connectivity index is 1.94. The third-order valence-corrected chi connectivity index (χ3v) is 6.97. The van der Waals surface area contributed by atoms with Crippen molar-refractivity contribution in [1.29, 1.82) is 0 Å². The van der Waals surface area contributed by atoms with Crippen molar-refractivity contribution in [2.24, 2.45) is 11.7 Å². The lowest BCUT2D eigenvalue weighted by Gasteiger charge is -2.25. The molecular weight excluding hydrogens is 584 g/mol. The van der Waals surface area contributed by atoms with Crippen LogP contribution in [0.15, 0.2) is 36.4 Å². The van der Waals surface area contributed by atoms with Gasteiger partial charge in [-0.15, -0.1) is 0 Å². The van der Waals surface area contributed by atoms with Crippen molar-refractivity contribution >= 4 is 47.2 Å². The molecule has 7 amide bonds. The van der Waals surface area contributed by atoms with Gasteiger partial charge in [-0.05, 0) is 55.7 Å². The monoisotopic (exact) mass is 628 g/mol. The van der Waals surface area contributed by atoms with Crippen molar-refractivity contribution in [3.8, 4) is 0 Å². The van der Waals surface area contributed by atoms with Crippen molar-refractivity contribution < 1.29 is 38.3 Å². The van der Waals surface area contributed by atoms with E-state index in [1.165, 1.54) is 19.1 Å². The van der Waals surface area contributed by atoms with Crippen LogP contribution in [0.25, 0.3) is 0 Å². The van der Waals surface area contributed by atoms with Gasteiger partial charge in [0.15, 0.2) is 0 Å². The van der Waals surface area contributed by atoms with E-state index in [1.54, 1.807) is 38.1 Å². The zero-order valence-corrected chi connectivity index (χ0v) is 26.1. The Bertz CT molecular complexity index is 1230. The first-order valence-electron chi connectivity index (χ1n) is 15.1. The molecule has 0 aromatic heterocycles. The number of nitrogens with two attached hydrogens (primary N) is 1. The van der Waals surface area contributed by atoms with Crippen LogP contribution >= 0.6 is 0 Å². The number of nitrogens with zero attached hydrogens (tertiary/aromatic N) is 1. The molecule has 6 N–H and O–H groups in total. The molecule has 1 aromatic carbocycles. The molecule has 14 nitrogen and oxygen atoms in total. The van der Waals surface area contributed by atoms with Crippen LogP contribution in [0, 0.1) is 5.92 Å². The molecule has 45 heavy (non-hydrogen) atoms. The van der Waals surface area contributed by atoms with E-state index in [0.717, 1.165) is 10.5 Å². The quantitative estimate of drug-likeness (QED) is 0.0863. The summed E-state index contributed by atoms with van der Waals surface area (Å²) in [6.45, 7) is 5.57. The zero-order chi connectivity index (χ0) is 33.4. The van der Waals surface area contributed by atoms with Crippen molar-refractivity contribution in [1.82, 2.24) is 20.9 Å². The van der Waals surface area contributed by atoms with Gasteiger partial charge >= 0.3 is 12.0 Å². The molecule has 1 aliphatic heterocycles. The first kappa shape index (κ1) is 36.4. The van der Waals surface area contributed by atoms with Crippen LogP contribution in [0.1, 0.15) is 71.3 Å². The molecule has 0 unspecified atom stereocenters. The highest BCUT2D eigenvalue weighted by molar-refractivity contribution is 6.12. The molecule has 14 heteroatoms. The summed E-state index contributed by atoms with van der Waals surface area (Å²) in [5.41, 5.74) is 6.31. The lowest BCUT2D eigenvalue weighted by Crippen LogP contribution is -2.54. The molecule has 0 spiro atoms. The van der Waals surface area contributed by atoms with Gasteiger partial charge in [-0.25, -0.2) is 4.79 Å². The second kappa shape index (κ2) is 18.8. The van der Waals surface area contributed by atoms with Gasteiger partial charge in [0.2, 0.25) is 17.7 Å². The summed E-state index contributed by atoms with van der Waals surface area (Å²) >= 11 is 0. The van der Waals surface area contributed by atoms with Gasteiger partial charge < -0.3 is 31.7 Å². The van der Waals surface area contributed by atoms with Crippen LogP contribution in [0.5, 0.6) is 0 Å². The molecule has 0 saturated heterocycles. The summed E-state index contributed by atoms with van der Waals surface area (Å²) < 4.78 is 4.97. The fourth-order valence-electron chi connectivity index (χ4n) is 4.48. The highest BCUT2D eigenvalue weighted by Crippen LogP contribution is 2.14. The molecule has 0 bridgehead atoms. The first-order valence-corrected chi connectivity index (χ1v) is 15.1. The number of esters is 1. The van der Waals surface area contributed by atoms with E-state index in [1.807, 2.05) is 0 Å². The number of carbonyl (C=O) groups excluding carboxylic acids is 7. The van der Waals surface area contributed by atoms with E-state index in [9.17, 15) is 33.6 Å². The summed E-state index contributed by atoms with van der Waals surface area (Å²) in [7, 11) is 0. The number of imide groups is 1. The van der Waals surface area contributed by atoms with Crippen LogP contribution in [-0.4, -0.2) is 71.6 Å². The van der Waals surface area contributed by atoms with E-state index >= 15 is 0 Å². The SMILES string of the molecule is CC(=O)OCc1ccc(NC(=O)[C@H](CCCCNC(N)=O)NC(=O)[C@@H](NC(=O)CCCCCN2C(=O)C=CC2=O)C(C)C)cc1. The Kier molecular flexibility index (Phi) is 15.2. The van der Waals surface area contributed by atoms with Gasteiger partial charge in [0.1, 0.15) is 18.7 Å². The summed E-state index contributed by atoms with van der Waals surface area (Å²) in [6, 6.07) is 4.23. The number of hydrogen-bond acceptors (Lipinski definition) is 8. The standard InChI is InChI=1S/C31H44N6O8/c1-20(2)28(36-25(39)10-5-4-8-18-37-26(40)15-16-27(37)41)30(43)35-24(9-6-7-17-33-31(32)44)29(42)34-23-13-11-22(12-14-23)19-45-21(3)38/h11-16,20,24,28H,4-10,17-19H2,1-3H3,(H,34,42)(H,35,43)(H,36,39)(H3,32,33,44)/t24-,28-/m0/s1. The maximum absolute atomic E-state index is 13.3. The number of ether oxygens (including phenoxy) is 1. The number of anilines is 1. The number of benzene rings is 1. The van der Waals surface area contributed by atoms with E-state index in [-0.39, 0.29) is 49.6 Å². The van der Waals surface area contributed by atoms with Crippen molar-refractivity contribution in [2.45, 2.75) is 84.4 Å². The average Bonchev–Trinajstić information content (AvgIpc) is 3.30. The molecule has 1 heterocycles. The lowest BCUT2D eigenvalue weighted by molar-refractivity contribution is -0.142. The van der Waals surface area contributed by atoms with Crippen LogP contribution in [0.3, 0.4) is 0 Å². The average molecular weight is 629 g/mol. The number of carbonyl (C=O) groups is 7. The Morgan fingerprint density at radius 1 is 0.867 bits per heavy atom. The molecule has 0 radical (unpaired) electrons. The normalized spacial score (nSPS) is 13.7. The predicted molar refractivity (Wildman–Crippen MR) is 165 cm³/mol. The number of rotatable bonds is 19. The van der Waals surface area contributed by atoms with E-state index in [4.69, 9.17) is 10.5 Å². The molecule has 1 aromatic rings. The molecule has 0 aliphatic carbocycles. The highest BCUT2D eigenvalue weighted by atomic mass is 16.5. The number of hydrogen-bond donors (Lipinski definition) is 5. The van der Waals surface area contributed by atoms with E-state index in [2.05, 4.69) is 21.3 Å². The minimum Gasteiger partial charge on any atom is -0.461 e. The van der Waals surface area contributed by atoms with Crippen LogP contribution < -0.4 is 27.0 Å². The Morgan fingerprint density at radius 3 is 2.13 bits per heavy atom. The number of amides is 7. The second-order valence-corrected chi connectivity index (χ2v) is 11.1. The van der Waals surface area contributed by atoms with Gasteiger partial charge in [0.25, 0.3) is 11.8 Å². The minimum absolute atomic E-state index is 0.0994. The Morgan fingerprint density at radius 2 is 1.53 bits per heavy atom. The Hall–Kier alpha value is -4.75. The zero-order valence-electron chi connectivity index (χ0n) is 26.1. The van der Waals surface area contributed by atoms with Gasteiger partial charge in [-0.2, -0.15) is 0 Å². The number of urea groups is 1. The largest absolute Gasteiger partial charge is 0.461 e. The summed E-state index contributed by atoms with van der Waals surface area (Å²) in [4.78, 5) is 85.7. The molecule has 1 aliphatic rings. The fraction of sp³-hybridized carbons (Fsp3) is 0.516. The van der Waals surface area contributed by atoms with Crippen molar-refractivity contribution in [3.05, 3.63) is 42.0 Å². The number of primary amides is 1. The van der Waals surface area contributed by atoms with Crippen LogP contribution in [0.2, 0.25) is 0 Å². The number of unbranched alkanes of at least 4 members (excludes halogenated alkanes) is 3. The van der Waals surface area contributed by atoms with Gasteiger partial charge in [-0.1, -0.05) is 32.4 Å². The second-order valence-electron chi connectivity index (χ2n) is 11.1. The van der Waals surface area contributed by atoms with Gasteiger partial charge in [0.05, 0.1) is 0 Å². The third-order valence-electron chi connectivity index (χ3n) is 6.97. The minimum atomic E-state index is -0.935. The molecule has 2 atom stereocenters. The fourth-order valence-corrected chi connectivity index (χ4v) is 4.48. The van der Waals surface area contributed by atoms with Gasteiger partial charge in [0, 0.05) is 44.3 Å². The Labute approximate surface area is 262 Å². The highest BCUT2D eigenvalue weighted by Gasteiger charge is 2.29. The summed E-state index contributed by atoms with van der Waals surface area (Å²) in [6.07, 6.45) is 5.56. The molecule has 0 fully saturated rings. The van der Waals surface area contributed by atoms with Crippen LogP contribution in [-0.2, 0) is 40.1 Å². The smallest absolute Gasteiger partial charge is 0.312 e. The molecule has 246 valence electrons. The third kappa shape index (κ3) is 13.6. The maximum Gasteiger partial charge on any atom is 0.312 e. The van der Waals surface area contributed by atoms with Crippen molar-refractivity contribution in [3.63, 3.8) is 0 Å². The lowest BCUT2D eigenvalue weighted by atomic mass is 10.0. The summed E-state index contributed by atoms with van der Waals surface area (Å²) in [5, 5.41) is 10.8.